The van der Waals surface area contributed by atoms with E-state index in [2.05, 4.69) is 6.58 Å². The molecule has 6 heteroatoms. The minimum atomic E-state index is -0.512. The van der Waals surface area contributed by atoms with E-state index in [0.29, 0.717) is 5.69 Å². The maximum absolute atomic E-state index is 13.9. The van der Waals surface area contributed by atoms with Gasteiger partial charge in [0.15, 0.2) is 0 Å². The number of rotatable bonds is 5. The van der Waals surface area contributed by atoms with Crippen LogP contribution < -0.4 is 11.4 Å². The molecular formula is C36H29FeN3O2. The normalized spacial score (nSPS) is 13.9. The first-order valence-electron chi connectivity index (χ1n) is 13.6. The van der Waals surface area contributed by atoms with E-state index in [1.54, 1.807) is 21.5 Å². The van der Waals surface area contributed by atoms with Gasteiger partial charge >= 0.3 is 28.4 Å². The Kier molecular flexibility index (Phi) is 8.68. The van der Waals surface area contributed by atoms with Crippen LogP contribution in [0.25, 0.3) is 16.8 Å². The molecular weight excluding hydrogens is 562 g/mol. The van der Waals surface area contributed by atoms with Crippen molar-refractivity contribution in [3.05, 3.63) is 195 Å². The van der Waals surface area contributed by atoms with E-state index in [-0.39, 0.29) is 35.0 Å². The van der Waals surface area contributed by atoms with E-state index in [1.165, 1.54) is 4.57 Å². The van der Waals surface area contributed by atoms with Gasteiger partial charge in [-0.2, -0.15) is 42.0 Å². The van der Waals surface area contributed by atoms with Crippen LogP contribution >= 0.6 is 0 Å². The van der Waals surface area contributed by atoms with Gasteiger partial charge < -0.3 is 0 Å². The number of fused-ring (bicyclic) bond motifs is 1. The molecule has 1 unspecified atom stereocenters. The number of hydrogen-bond donors (Lipinski definition) is 0. The summed E-state index contributed by atoms with van der Waals surface area (Å²) in [6, 6.07) is 46.5. The van der Waals surface area contributed by atoms with Crippen LogP contribution in [0.15, 0.2) is 167 Å². The zero-order chi connectivity index (χ0) is 28.2. The Balaban J connectivity index is 0.000000534. The molecule has 0 radical (unpaired) electrons. The number of nitrogens with zero attached hydrogens (tertiary/aromatic N) is 3. The molecule has 0 spiro atoms. The van der Waals surface area contributed by atoms with Crippen molar-refractivity contribution in [2.24, 2.45) is 0 Å². The monoisotopic (exact) mass is 591 g/mol. The Morgan fingerprint density at radius 1 is 0.714 bits per heavy atom. The minimum Gasteiger partial charge on any atom is -0.246 e. The van der Waals surface area contributed by atoms with Gasteiger partial charge in [0.2, 0.25) is 0 Å². The number of hydrogen-bond acceptors (Lipinski definition) is 2. The summed E-state index contributed by atoms with van der Waals surface area (Å²) in [4.78, 5) is 27.7. The molecule has 0 N–H and O–H groups in total. The van der Waals surface area contributed by atoms with Crippen LogP contribution in [0.2, 0.25) is 0 Å². The first kappa shape index (κ1) is 28.6. The fourth-order valence-corrected chi connectivity index (χ4v) is 5.44. The smallest absolute Gasteiger partial charge is 0.246 e. The second-order valence-electron chi connectivity index (χ2n) is 9.82. The maximum atomic E-state index is 13.9. The molecule has 42 heavy (non-hydrogen) atoms. The Labute approximate surface area is 255 Å². The van der Waals surface area contributed by atoms with Crippen LogP contribution in [-0.4, -0.2) is 13.9 Å². The average molecular weight is 591 g/mol. The molecule has 0 aliphatic carbocycles. The third-order valence-corrected chi connectivity index (χ3v) is 7.35. The molecule has 0 fully saturated rings. The van der Waals surface area contributed by atoms with Gasteiger partial charge in [-0.25, -0.2) is 41.7 Å². The molecule has 0 amide bonds. The topological polar surface area (TPSA) is 48.9 Å². The summed E-state index contributed by atoms with van der Waals surface area (Å²) in [5.41, 5.74) is 5.46. The summed E-state index contributed by atoms with van der Waals surface area (Å²) >= 11 is 0. The van der Waals surface area contributed by atoms with Gasteiger partial charge in [-0.05, 0) is 40.0 Å². The minimum absolute atomic E-state index is 0. The zero-order valence-corrected chi connectivity index (χ0v) is 24.0. The number of aromatic nitrogens is 3. The van der Waals surface area contributed by atoms with Gasteiger partial charge in [0.1, 0.15) is 0 Å². The van der Waals surface area contributed by atoms with Crippen molar-refractivity contribution in [1.29, 1.82) is 0 Å². The van der Waals surface area contributed by atoms with E-state index in [1.807, 2.05) is 133 Å². The van der Waals surface area contributed by atoms with Gasteiger partial charge in [0.05, 0.1) is 18.3 Å². The van der Waals surface area contributed by atoms with Gasteiger partial charge in [-0.1, -0.05) is 85.4 Å². The van der Waals surface area contributed by atoms with Crippen LogP contribution in [0.3, 0.4) is 0 Å². The number of benzene rings is 3. The van der Waals surface area contributed by atoms with E-state index < -0.39 is 6.04 Å². The molecule has 1 aliphatic rings. The third kappa shape index (κ3) is 5.38. The van der Waals surface area contributed by atoms with E-state index in [4.69, 9.17) is 0 Å². The van der Waals surface area contributed by atoms with Crippen molar-refractivity contribution >= 4 is 11.1 Å². The van der Waals surface area contributed by atoms with Crippen LogP contribution in [0.1, 0.15) is 22.7 Å². The summed E-state index contributed by atoms with van der Waals surface area (Å²) < 4.78 is 4.42. The average Bonchev–Trinajstić information content (AvgIpc) is 3.82. The van der Waals surface area contributed by atoms with E-state index >= 15 is 0 Å². The Hall–Kier alpha value is -4.90. The Bertz CT molecular complexity index is 1880. The molecule has 7 rings (SSSR count). The fraction of sp³-hybridized carbons (Fsp3) is 0.0556. The quantitative estimate of drug-likeness (QED) is 0.166. The van der Waals surface area contributed by atoms with Gasteiger partial charge in [0.25, 0.3) is 0 Å². The second-order valence-corrected chi connectivity index (χ2v) is 9.82. The first-order chi connectivity index (χ1) is 20.1. The SMILES string of the molecule is C=C(C1=C(c2ccccc2)Cn2c(=O)n(-c3ccccc3)c(=O)n2C1c1cc[cH-]c1)c1ccccc1.[Fe+2].c1cc[cH-]c1. The Morgan fingerprint density at radius 2 is 1.33 bits per heavy atom. The number of para-hydroxylation sites is 1. The van der Waals surface area contributed by atoms with E-state index in [9.17, 15) is 9.59 Å². The van der Waals surface area contributed by atoms with Crippen LogP contribution in [0.4, 0.5) is 0 Å². The van der Waals surface area contributed by atoms with Crippen LogP contribution in [0, 0.1) is 0 Å². The summed E-state index contributed by atoms with van der Waals surface area (Å²) in [6.45, 7) is 4.77. The molecule has 5 aromatic carbocycles. The summed E-state index contributed by atoms with van der Waals surface area (Å²) in [6.07, 6.45) is 0. The van der Waals surface area contributed by atoms with Gasteiger partial charge in [-0.3, -0.25) is 0 Å². The standard InChI is InChI=1S/C31H24N3O2.C5H5.Fe/c1-22(23-13-5-2-6-14-23)28-27(24-15-7-3-8-16-24)21-32-30(35)33(26-19-9-4-10-20-26)31(36)34(32)29(28)25-17-11-12-18-25;1-2-4-5-3-1;/h2-20,29H,1,21H2;1-5H;/q2*-1;+2. The first-order valence-corrected chi connectivity index (χ1v) is 13.6. The van der Waals surface area contributed by atoms with Gasteiger partial charge in [0, 0.05) is 0 Å². The molecule has 2 heterocycles. The molecule has 0 bridgehead atoms. The zero-order valence-electron chi connectivity index (χ0n) is 22.9. The largest absolute Gasteiger partial charge is 2.00 e. The molecule has 1 aliphatic heterocycles. The van der Waals surface area contributed by atoms with Crippen molar-refractivity contribution < 1.29 is 17.1 Å². The van der Waals surface area contributed by atoms with Gasteiger partial charge in [-0.15, -0.1) is 0 Å². The Morgan fingerprint density at radius 3 is 1.90 bits per heavy atom. The molecule has 5 nitrogen and oxygen atoms in total. The molecule has 0 saturated carbocycles. The number of allylic oxidation sites excluding steroid dienone is 3. The molecule has 0 saturated heterocycles. The second kappa shape index (κ2) is 12.7. The van der Waals surface area contributed by atoms with Crippen molar-refractivity contribution in [3.8, 4) is 5.69 Å². The predicted octanol–water partition coefficient (Wildman–Crippen LogP) is 6.69. The molecule has 1 aromatic heterocycles. The van der Waals surface area contributed by atoms with E-state index in [0.717, 1.165) is 33.4 Å². The van der Waals surface area contributed by atoms with Crippen molar-refractivity contribution in [3.63, 3.8) is 0 Å². The van der Waals surface area contributed by atoms with Crippen molar-refractivity contribution in [2.45, 2.75) is 12.6 Å². The maximum Gasteiger partial charge on any atom is 2.00 e. The fourth-order valence-electron chi connectivity index (χ4n) is 5.44. The van der Waals surface area contributed by atoms with Crippen LogP contribution in [-0.2, 0) is 23.6 Å². The molecule has 1 atom stereocenters. The summed E-state index contributed by atoms with van der Waals surface area (Å²) in [7, 11) is 0. The predicted molar refractivity (Wildman–Crippen MR) is 165 cm³/mol. The molecule has 6 aromatic rings. The summed E-state index contributed by atoms with van der Waals surface area (Å²) in [5.74, 6) is 0. The summed E-state index contributed by atoms with van der Waals surface area (Å²) in [5, 5.41) is 0. The molecule has 208 valence electrons. The van der Waals surface area contributed by atoms with Crippen LogP contribution in [0.5, 0.6) is 0 Å². The van der Waals surface area contributed by atoms with Crippen molar-refractivity contribution in [2.75, 3.05) is 0 Å². The third-order valence-electron chi connectivity index (χ3n) is 7.35. The van der Waals surface area contributed by atoms with Crippen molar-refractivity contribution in [1.82, 2.24) is 13.9 Å².